The van der Waals surface area contributed by atoms with Gasteiger partial charge in [0, 0.05) is 27.2 Å². The summed E-state index contributed by atoms with van der Waals surface area (Å²) in [5, 5.41) is 3.91. The molecule has 0 bridgehead atoms. The Balaban J connectivity index is 2.05. The van der Waals surface area contributed by atoms with Crippen LogP contribution in [0.2, 0.25) is 15.1 Å². The highest BCUT2D eigenvalue weighted by molar-refractivity contribution is 7.92. The smallest absolute Gasteiger partial charge is 0.264 e. The van der Waals surface area contributed by atoms with Crippen molar-refractivity contribution in [3.63, 3.8) is 0 Å². The number of carbonyl (C=O) groups is 2. The average molecular weight is 611 g/mol. The lowest BCUT2D eigenvalue weighted by Crippen LogP contribution is -2.54. The van der Waals surface area contributed by atoms with Crippen molar-refractivity contribution >= 4 is 62.3 Å². The van der Waals surface area contributed by atoms with E-state index in [1.165, 1.54) is 23.1 Å². The van der Waals surface area contributed by atoms with Crippen molar-refractivity contribution < 1.29 is 18.0 Å². The fourth-order valence-electron chi connectivity index (χ4n) is 3.77. The van der Waals surface area contributed by atoms with Crippen molar-refractivity contribution in [3.8, 4) is 0 Å². The predicted molar refractivity (Wildman–Crippen MR) is 157 cm³/mol. The summed E-state index contributed by atoms with van der Waals surface area (Å²) < 4.78 is 28.5. The van der Waals surface area contributed by atoms with Crippen molar-refractivity contribution in [2.24, 2.45) is 0 Å². The Labute approximate surface area is 244 Å². The van der Waals surface area contributed by atoms with Gasteiger partial charge in [0.05, 0.1) is 10.6 Å². The molecule has 0 radical (unpaired) electrons. The number of nitrogens with one attached hydrogen (secondary N) is 1. The van der Waals surface area contributed by atoms with Crippen LogP contribution in [0, 0.1) is 0 Å². The van der Waals surface area contributed by atoms with Crippen LogP contribution in [0.4, 0.5) is 5.69 Å². The monoisotopic (exact) mass is 609 g/mol. The van der Waals surface area contributed by atoms with Crippen LogP contribution in [0.15, 0.2) is 77.7 Å². The molecule has 7 nitrogen and oxygen atoms in total. The van der Waals surface area contributed by atoms with E-state index in [9.17, 15) is 18.0 Å². The maximum absolute atomic E-state index is 13.9. The van der Waals surface area contributed by atoms with Crippen LogP contribution in [0.1, 0.15) is 33.3 Å². The van der Waals surface area contributed by atoms with Crippen LogP contribution in [0.5, 0.6) is 0 Å². The van der Waals surface area contributed by atoms with Crippen LogP contribution in [0.25, 0.3) is 0 Å². The Morgan fingerprint density at radius 2 is 1.54 bits per heavy atom. The third-order valence-electron chi connectivity index (χ3n) is 5.73. The summed E-state index contributed by atoms with van der Waals surface area (Å²) >= 11 is 18.6. The first kappa shape index (κ1) is 30.8. The van der Waals surface area contributed by atoms with E-state index >= 15 is 0 Å². The molecular weight excluding hydrogens is 581 g/mol. The van der Waals surface area contributed by atoms with Crippen LogP contribution in [-0.2, 0) is 26.2 Å². The molecule has 1 unspecified atom stereocenters. The van der Waals surface area contributed by atoms with Crippen molar-refractivity contribution in [2.45, 2.75) is 50.7 Å². The fourth-order valence-corrected chi connectivity index (χ4v) is 5.85. The number of benzene rings is 3. The first-order valence-electron chi connectivity index (χ1n) is 12.1. The quantitative estimate of drug-likeness (QED) is 0.314. The highest BCUT2D eigenvalue weighted by Crippen LogP contribution is 2.28. The van der Waals surface area contributed by atoms with E-state index in [0.717, 1.165) is 4.31 Å². The minimum Gasteiger partial charge on any atom is -0.350 e. The van der Waals surface area contributed by atoms with Gasteiger partial charge in [-0.3, -0.25) is 13.9 Å². The van der Waals surface area contributed by atoms with Crippen molar-refractivity contribution in [3.05, 3.63) is 93.4 Å². The first-order valence-corrected chi connectivity index (χ1v) is 14.7. The molecule has 0 fully saturated rings. The molecule has 0 aromatic heterocycles. The summed E-state index contributed by atoms with van der Waals surface area (Å²) in [6.45, 7) is 6.42. The highest BCUT2D eigenvalue weighted by Gasteiger charge is 2.33. The largest absolute Gasteiger partial charge is 0.350 e. The predicted octanol–water partition coefficient (Wildman–Crippen LogP) is 6.17. The molecule has 1 atom stereocenters. The number of amides is 2. The van der Waals surface area contributed by atoms with Crippen LogP contribution < -0.4 is 9.62 Å². The Hall–Kier alpha value is -2.78. The van der Waals surface area contributed by atoms with Crippen LogP contribution in [0.3, 0.4) is 0 Å². The first-order chi connectivity index (χ1) is 18.2. The standard InChI is InChI=1S/C28H30Cl3N3O4S/c1-19(27(36)32-28(2,3)4)33(17-20-13-14-22(30)16-25(20)31)26(35)18-34(23-10-8-9-21(29)15-23)39(37,38)24-11-6-5-7-12-24/h5-16,19H,17-18H2,1-4H3,(H,32,36). The maximum atomic E-state index is 13.9. The third-order valence-corrected chi connectivity index (χ3v) is 8.34. The molecular formula is C28H30Cl3N3O4S. The Morgan fingerprint density at radius 3 is 2.13 bits per heavy atom. The van der Waals surface area contributed by atoms with E-state index in [1.54, 1.807) is 61.5 Å². The number of carbonyl (C=O) groups excluding carboxylic acids is 2. The number of anilines is 1. The van der Waals surface area contributed by atoms with Crippen molar-refractivity contribution in [2.75, 3.05) is 10.8 Å². The number of sulfonamides is 1. The topological polar surface area (TPSA) is 86.8 Å². The number of halogens is 3. The molecule has 0 aliphatic heterocycles. The van der Waals surface area contributed by atoms with Crippen LogP contribution >= 0.6 is 34.8 Å². The van der Waals surface area contributed by atoms with Crippen molar-refractivity contribution in [1.82, 2.24) is 10.2 Å². The van der Waals surface area contributed by atoms with E-state index < -0.39 is 40.0 Å². The molecule has 3 aromatic carbocycles. The van der Waals surface area contributed by atoms with Gasteiger partial charge in [0.1, 0.15) is 12.6 Å². The summed E-state index contributed by atoms with van der Waals surface area (Å²) in [5.74, 6) is -1.02. The van der Waals surface area contributed by atoms with E-state index in [4.69, 9.17) is 34.8 Å². The highest BCUT2D eigenvalue weighted by atomic mass is 35.5. The Kier molecular flexibility index (Phi) is 9.93. The Morgan fingerprint density at radius 1 is 0.897 bits per heavy atom. The molecule has 3 rings (SSSR count). The molecule has 0 heterocycles. The van der Waals surface area contributed by atoms with Gasteiger partial charge in [0.25, 0.3) is 10.0 Å². The zero-order valence-corrected chi connectivity index (χ0v) is 25.1. The molecule has 0 saturated heterocycles. The lowest BCUT2D eigenvalue weighted by molar-refractivity contribution is -0.140. The van der Waals surface area contributed by atoms with Gasteiger partial charge in [-0.2, -0.15) is 0 Å². The molecule has 2 amide bonds. The van der Waals surface area contributed by atoms with Gasteiger partial charge in [-0.25, -0.2) is 8.42 Å². The van der Waals surface area contributed by atoms with E-state index in [2.05, 4.69) is 5.32 Å². The lowest BCUT2D eigenvalue weighted by Gasteiger charge is -2.33. The molecule has 0 saturated carbocycles. The number of hydrogen-bond donors (Lipinski definition) is 1. The second kappa shape index (κ2) is 12.6. The zero-order chi connectivity index (χ0) is 29.0. The maximum Gasteiger partial charge on any atom is 0.264 e. The zero-order valence-electron chi connectivity index (χ0n) is 22.0. The van der Waals surface area contributed by atoms with Gasteiger partial charge in [-0.15, -0.1) is 0 Å². The minimum absolute atomic E-state index is 0.00333. The SMILES string of the molecule is CC(C(=O)NC(C)(C)C)N(Cc1ccc(Cl)cc1Cl)C(=O)CN(c1cccc(Cl)c1)S(=O)(=O)c1ccccc1. The summed E-state index contributed by atoms with van der Waals surface area (Å²) in [7, 11) is -4.18. The summed E-state index contributed by atoms with van der Waals surface area (Å²) in [5.41, 5.74) is 0.197. The van der Waals surface area contributed by atoms with Crippen molar-refractivity contribution in [1.29, 1.82) is 0 Å². The van der Waals surface area contributed by atoms with Gasteiger partial charge in [0.2, 0.25) is 11.8 Å². The number of nitrogens with zero attached hydrogens (tertiary/aromatic N) is 2. The van der Waals surface area contributed by atoms with E-state index in [0.29, 0.717) is 20.6 Å². The molecule has 11 heteroatoms. The Bertz CT molecular complexity index is 1440. The average Bonchev–Trinajstić information content (AvgIpc) is 2.85. The minimum atomic E-state index is -4.18. The van der Waals surface area contributed by atoms with Gasteiger partial charge in [0.15, 0.2) is 0 Å². The van der Waals surface area contributed by atoms with Gasteiger partial charge in [-0.1, -0.05) is 65.1 Å². The molecule has 1 N–H and O–H groups in total. The summed E-state index contributed by atoms with van der Waals surface area (Å²) in [6.07, 6.45) is 0. The molecule has 3 aromatic rings. The number of hydrogen-bond acceptors (Lipinski definition) is 4. The van der Waals surface area contributed by atoms with Gasteiger partial charge >= 0.3 is 0 Å². The fraction of sp³-hybridized carbons (Fsp3) is 0.286. The van der Waals surface area contributed by atoms with Gasteiger partial charge in [-0.05, 0) is 75.7 Å². The normalized spacial score (nSPS) is 12.5. The molecule has 0 aliphatic rings. The molecule has 208 valence electrons. The lowest BCUT2D eigenvalue weighted by atomic mass is 10.1. The molecule has 0 aliphatic carbocycles. The second-order valence-corrected chi connectivity index (χ2v) is 13.1. The second-order valence-electron chi connectivity index (χ2n) is 9.98. The van der Waals surface area contributed by atoms with E-state index in [1.807, 2.05) is 20.8 Å². The molecule has 39 heavy (non-hydrogen) atoms. The van der Waals surface area contributed by atoms with E-state index in [-0.39, 0.29) is 17.1 Å². The van der Waals surface area contributed by atoms with Crippen LogP contribution in [-0.4, -0.2) is 43.3 Å². The third kappa shape index (κ3) is 8.11. The summed E-state index contributed by atoms with van der Waals surface area (Å²) in [4.78, 5) is 28.4. The number of rotatable bonds is 9. The summed E-state index contributed by atoms with van der Waals surface area (Å²) in [6, 6.07) is 17.9. The molecule has 0 spiro atoms. The van der Waals surface area contributed by atoms with Gasteiger partial charge < -0.3 is 10.2 Å².